The maximum atomic E-state index is 13.2. The van der Waals surface area contributed by atoms with Gasteiger partial charge in [0.15, 0.2) is 0 Å². The second-order valence-electron chi connectivity index (χ2n) is 4.14. The predicted octanol–water partition coefficient (Wildman–Crippen LogP) is 0.667. The fourth-order valence-electron chi connectivity index (χ4n) is 1.97. The van der Waals surface area contributed by atoms with Crippen LogP contribution >= 0.6 is 0 Å². The normalized spacial score (nSPS) is 19.3. The largest absolute Gasteiger partial charge is 0.480 e. The van der Waals surface area contributed by atoms with E-state index >= 15 is 0 Å². The van der Waals surface area contributed by atoms with Crippen molar-refractivity contribution in [2.75, 3.05) is 23.9 Å². The first-order chi connectivity index (χ1) is 8.91. The summed E-state index contributed by atoms with van der Waals surface area (Å²) in [6.07, 6.45) is 0.489. The summed E-state index contributed by atoms with van der Waals surface area (Å²) in [6.45, 7) is -0.226. The van der Waals surface area contributed by atoms with Gasteiger partial charge in [-0.05, 0) is 24.6 Å². The van der Waals surface area contributed by atoms with Crippen molar-refractivity contribution < 1.29 is 22.7 Å². The molecule has 0 saturated carbocycles. The molecule has 1 N–H and O–H groups in total. The van der Waals surface area contributed by atoms with Gasteiger partial charge in [0, 0.05) is 13.1 Å². The molecule has 1 aliphatic heterocycles. The number of aliphatic carboxylic acids is 1. The lowest BCUT2D eigenvalue weighted by molar-refractivity contribution is -0.137. The Hall–Kier alpha value is -1.67. The molecule has 8 heteroatoms. The highest BCUT2D eigenvalue weighted by atomic mass is 32.2. The van der Waals surface area contributed by atoms with Crippen LogP contribution in [0.25, 0.3) is 0 Å². The molecule has 104 valence electrons. The van der Waals surface area contributed by atoms with E-state index in [1.807, 2.05) is 0 Å². The molecular formula is C11H13FN2O4S. The Labute approximate surface area is 110 Å². The van der Waals surface area contributed by atoms with Crippen LogP contribution < -0.4 is 4.31 Å². The Morgan fingerprint density at radius 1 is 1.37 bits per heavy atom. The van der Waals surface area contributed by atoms with Crippen LogP contribution in [-0.2, 0) is 15.0 Å². The molecule has 0 spiro atoms. The standard InChI is InChI=1S/C11H13FN2O4S/c12-9-3-1-4-10(7-9)14-6-2-5-13(8-11(15)16)19(14,17)18/h1,3-4,7H,2,5-6,8H2,(H,15,16). The minimum absolute atomic E-state index is 0.153. The van der Waals surface area contributed by atoms with Gasteiger partial charge < -0.3 is 5.11 Å². The highest BCUT2D eigenvalue weighted by Crippen LogP contribution is 2.24. The molecule has 0 radical (unpaired) electrons. The van der Waals surface area contributed by atoms with Crippen molar-refractivity contribution in [2.24, 2.45) is 0 Å². The summed E-state index contributed by atoms with van der Waals surface area (Å²) >= 11 is 0. The van der Waals surface area contributed by atoms with E-state index in [1.54, 1.807) is 0 Å². The smallest absolute Gasteiger partial charge is 0.318 e. The number of nitrogens with zero attached hydrogens (tertiary/aromatic N) is 2. The number of carboxylic acid groups (broad SMARTS) is 1. The maximum absolute atomic E-state index is 13.2. The summed E-state index contributed by atoms with van der Waals surface area (Å²) in [5, 5.41) is 8.71. The number of carboxylic acids is 1. The number of hydrogen-bond donors (Lipinski definition) is 1. The lowest BCUT2D eigenvalue weighted by atomic mass is 10.3. The summed E-state index contributed by atoms with van der Waals surface area (Å²) in [4.78, 5) is 10.7. The molecule has 1 aromatic carbocycles. The lowest BCUT2D eigenvalue weighted by Crippen LogP contribution is -2.51. The Kier molecular flexibility index (Phi) is 3.72. The van der Waals surface area contributed by atoms with Gasteiger partial charge in [-0.15, -0.1) is 0 Å². The van der Waals surface area contributed by atoms with E-state index in [0.29, 0.717) is 6.42 Å². The van der Waals surface area contributed by atoms with Crippen molar-refractivity contribution in [3.05, 3.63) is 30.1 Å². The third kappa shape index (κ3) is 2.85. The molecule has 0 amide bonds. The second kappa shape index (κ2) is 5.14. The van der Waals surface area contributed by atoms with Crippen molar-refractivity contribution >= 4 is 21.9 Å². The van der Waals surface area contributed by atoms with Gasteiger partial charge in [-0.1, -0.05) is 6.07 Å². The topological polar surface area (TPSA) is 77.9 Å². The molecule has 6 nitrogen and oxygen atoms in total. The van der Waals surface area contributed by atoms with E-state index in [4.69, 9.17) is 5.11 Å². The minimum atomic E-state index is -3.91. The van der Waals surface area contributed by atoms with Crippen LogP contribution in [0.1, 0.15) is 6.42 Å². The first kappa shape index (κ1) is 13.8. The fourth-order valence-corrected chi connectivity index (χ4v) is 3.62. The van der Waals surface area contributed by atoms with Crippen molar-refractivity contribution in [2.45, 2.75) is 6.42 Å². The molecule has 1 aromatic rings. The summed E-state index contributed by atoms with van der Waals surface area (Å²) < 4.78 is 39.5. The molecule has 0 unspecified atom stereocenters. The summed E-state index contributed by atoms with van der Waals surface area (Å²) in [5.41, 5.74) is 0.204. The molecular weight excluding hydrogens is 275 g/mol. The number of halogens is 1. The molecule has 1 fully saturated rings. The average Bonchev–Trinajstić information content (AvgIpc) is 2.31. The average molecular weight is 288 g/mol. The summed E-state index contributed by atoms with van der Waals surface area (Å²) in [7, 11) is -3.91. The fraction of sp³-hybridized carbons (Fsp3) is 0.364. The number of benzene rings is 1. The molecule has 0 bridgehead atoms. The van der Waals surface area contributed by atoms with Gasteiger partial charge in [-0.25, -0.2) is 4.39 Å². The zero-order valence-corrected chi connectivity index (χ0v) is 10.8. The Morgan fingerprint density at radius 3 is 2.74 bits per heavy atom. The van der Waals surface area contributed by atoms with Gasteiger partial charge in [0.25, 0.3) is 0 Å². The van der Waals surface area contributed by atoms with Crippen LogP contribution in [0.5, 0.6) is 0 Å². The summed E-state index contributed by atoms with van der Waals surface area (Å²) in [5.74, 6) is -1.76. The minimum Gasteiger partial charge on any atom is -0.480 e. The van der Waals surface area contributed by atoms with Crippen LogP contribution in [-0.4, -0.2) is 43.4 Å². The van der Waals surface area contributed by atoms with Gasteiger partial charge in [-0.3, -0.25) is 9.10 Å². The Morgan fingerprint density at radius 2 is 2.11 bits per heavy atom. The third-order valence-corrected chi connectivity index (χ3v) is 4.70. The first-order valence-corrected chi connectivity index (χ1v) is 7.06. The van der Waals surface area contributed by atoms with E-state index in [9.17, 15) is 17.6 Å². The van der Waals surface area contributed by atoms with Crippen LogP contribution in [0.15, 0.2) is 24.3 Å². The Balaban J connectivity index is 2.33. The van der Waals surface area contributed by atoms with E-state index < -0.39 is 28.5 Å². The van der Waals surface area contributed by atoms with Gasteiger partial charge in [-0.2, -0.15) is 12.7 Å². The number of hydrogen-bond acceptors (Lipinski definition) is 3. The molecule has 0 aliphatic carbocycles. The van der Waals surface area contributed by atoms with Crippen molar-refractivity contribution in [1.29, 1.82) is 0 Å². The first-order valence-electron chi connectivity index (χ1n) is 5.66. The zero-order valence-electron chi connectivity index (χ0n) is 9.99. The zero-order chi connectivity index (χ0) is 14.0. The second-order valence-corrected chi connectivity index (χ2v) is 5.99. The van der Waals surface area contributed by atoms with Gasteiger partial charge in [0.05, 0.1) is 5.69 Å². The molecule has 19 heavy (non-hydrogen) atoms. The van der Waals surface area contributed by atoms with Crippen molar-refractivity contribution in [3.63, 3.8) is 0 Å². The third-order valence-electron chi connectivity index (χ3n) is 2.78. The molecule has 0 aromatic heterocycles. The summed E-state index contributed by atoms with van der Waals surface area (Å²) in [6, 6.07) is 5.22. The van der Waals surface area contributed by atoms with E-state index in [-0.39, 0.29) is 18.8 Å². The van der Waals surface area contributed by atoms with E-state index in [1.165, 1.54) is 18.2 Å². The monoisotopic (exact) mass is 288 g/mol. The van der Waals surface area contributed by atoms with Gasteiger partial charge in [0.2, 0.25) is 0 Å². The molecule has 0 atom stereocenters. The van der Waals surface area contributed by atoms with E-state index in [0.717, 1.165) is 14.7 Å². The Bertz CT molecular complexity index is 590. The predicted molar refractivity (Wildman–Crippen MR) is 66.5 cm³/mol. The maximum Gasteiger partial charge on any atom is 0.318 e. The van der Waals surface area contributed by atoms with Gasteiger partial charge >= 0.3 is 16.2 Å². The van der Waals surface area contributed by atoms with Crippen LogP contribution in [0.4, 0.5) is 10.1 Å². The number of anilines is 1. The highest BCUT2D eigenvalue weighted by molar-refractivity contribution is 7.90. The lowest BCUT2D eigenvalue weighted by Gasteiger charge is -2.35. The van der Waals surface area contributed by atoms with E-state index in [2.05, 4.69) is 0 Å². The number of carbonyl (C=O) groups is 1. The molecule has 1 saturated heterocycles. The SMILES string of the molecule is O=C(O)CN1CCCN(c2cccc(F)c2)S1(=O)=O. The number of rotatable bonds is 3. The van der Waals surface area contributed by atoms with Crippen molar-refractivity contribution in [1.82, 2.24) is 4.31 Å². The van der Waals surface area contributed by atoms with Crippen LogP contribution in [0.3, 0.4) is 0 Å². The quantitative estimate of drug-likeness (QED) is 0.886. The van der Waals surface area contributed by atoms with Crippen LogP contribution in [0, 0.1) is 5.82 Å². The molecule has 2 rings (SSSR count). The molecule has 1 aliphatic rings. The van der Waals surface area contributed by atoms with Crippen molar-refractivity contribution in [3.8, 4) is 0 Å². The highest BCUT2D eigenvalue weighted by Gasteiger charge is 2.34. The van der Waals surface area contributed by atoms with Crippen LogP contribution in [0.2, 0.25) is 0 Å². The van der Waals surface area contributed by atoms with Gasteiger partial charge in [0.1, 0.15) is 12.4 Å². The molecule has 1 heterocycles.